The Hall–Kier alpha value is -2.22. The molecule has 0 unspecified atom stereocenters. The van der Waals surface area contributed by atoms with Crippen molar-refractivity contribution in [2.45, 2.75) is 4.90 Å². The average Bonchev–Trinajstić information content (AvgIpc) is 2.36. The Morgan fingerprint density at radius 1 is 1.26 bits per heavy atom. The first kappa shape index (κ1) is 14.8. The maximum Gasteiger partial charge on any atom is 0.269 e. The molecule has 0 aromatic heterocycles. The van der Waals surface area contributed by atoms with Crippen LogP contribution >= 0.6 is 0 Å². The summed E-state index contributed by atoms with van der Waals surface area (Å²) in [4.78, 5) is 22.2. The Bertz CT molecular complexity index is 617. The highest BCUT2D eigenvalue weighted by molar-refractivity contribution is 7.94. The van der Waals surface area contributed by atoms with Gasteiger partial charge in [0.2, 0.25) is 5.91 Å². The van der Waals surface area contributed by atoms with Gasteiger partial charge in [-0.1, -0.05) is 0 Å². The van der Waals surface area contributed by atoms with Gasteiger partial charge < -0.3 is 4.90 Å². The van der Waals surface area contributed by atoms with Crippen molar-refractivity contribution in [2.75, 3.05) is 14.1 Å². The van der Waals surface area contributed by atoms with Crippen LogP contribution in [0.3, 0.4) is 0 Å². The summed E-state index contributed by atoms with van der Waals surface area (Å²) in [5.74, 6) is -0.467. The van der Waals surface area contributed by atoms with Gasteiger partial charge in [-0.3, -0.25) is 14.9 Å². The van der Waals surface area contributed by atoms with Gasteiger partial charge in [-0.2, -0.15) is 0 Å². The lowest BCUT2D eigenvalue weighted by Gasteiger charge is -2.05. The Labute approximate surface area is 110 Å². The number of non-ortho nitro benzene ring substituents is 1. The number of likely N-dealkylation sites (N-methyl/N-ethyl adjacent to an activating group) is 1. The Morgan fingerprint density at radius 2 is 1.79 bits per heavy atom. The maximum absolute atomic E-state index is 11.8. The molecule has 102 valence electrons. The molecule has 7 nitrogen and oxygen atoms in total. The molecule has 0 bridgehead atoms. The van der Waals surface area contributed by atoms with Crippen LogP contribution in [0.25, 0.3) is 0 Å². The molecule has 0 aliphatic rings. The molecule has 19 heavy (non-hydrogen) atoms. The van der Waals surface area contributed by atoms with Crippen molar-refractivity contribution in [3.63, 3.8) is 0 Å². The number of hydrogen-bond acceptors (Lipinski definition) is 5. The van der Waals surface area contributed by atoms with Crippen LogP contribution in [-0.2, 0) is 14.6 Å². The van der Waals surface area contributed by atoms with Crippen LogP contribution in [0.15, 0.2) is 40.6 Å². The van der Waals surface area contributed by atoms with Crippen molar-refractivity contribution in [3.8, 4) is 0 Å². The molecule has 1 aromatic carbocycles. The lowest BCUT2D eigenvalue weighted by atomic mass is 10.3. The zero-order valence-corrected chi connectivity index (χ0v) is 11.1. The Morgan fingerprint density at radius 3 is 2.21 bits per heavy atom. The first-order valence-electron chi connectivity index (χ1n) is 5.13. The molecular formula is C11H12N2O5S. The summed E-state index contributed by atoms with van der Waals surface area (Å²) >= 11 is 0. The Kier molecular flexibility index (Phi) is 4.38. The fraction of sp³-hybridized carbons (Fsp3) is 0.182. The minimum Gasteiger partial charge on any atom is -0.345 e. The molecule has 0 atom stereocenters. The van der Waals surface area contributed by atoms with Crippen LogP contribution in [-0.4, -0.2) is 38.2 Å². The topological polar surface area (TPSA) is 97.6 Å². The summed E-state index contributed by atoms with van der Waals surface area (Å²) < 4.78 is 23.6. The van der Waals surface area contributed by atoms with Crippen molar-refractivity contribution in [1.82, 2.24) is 4.90 Å². The minimum absolute atomic E-state index is 0.110. The van der Waals surface area contributed by atoms with Gasteiger partial charge in [0.05, 0.1) is 9.82 Å². The number of sulfone groups is 1. The molecular weight excluding hydrogens is 272 g/mol. The summed E-state index contributed by atoms with van der Waals surface area (Å²) in [5, 5.41) is 11.2. The van der Waals surface area contributed by atoms with E-state index in [1.54, 1.807) is 0 Å². The van der Waals surface area contributed by atoms with E-state index >= 15 is 0 Å². The second-order valence-corrected chi connectivity index (χ2v) is 5.67. The van der Waals surface area contributed by atoms with E-state index < -0.39 is 20.7 Å². The highest BCUT2D eigenvalue weighted by Crippen LogP contribution is 2.17. The molecule has 1 aromatic rings. The predicted molar refractivity (Wildman–Crippen MR) is 68.1 cm³/mol. The number of nitrogens with zero attached hydrogens (tertiary/aromatic N) is 2. The number of carbonyl (C=O) groups excluding carboxylic acids is 1. The van der Waals surface area contributed by atoms with Gasteiger partial charge in [-0.05, 0) is 12.1 Å². The van der Waals surface area contributed by atoms with Gasteiger partial charge in [0.15, 0.2) is 9.84 Å². The average molecular weight is 284 g/mol. The van der Waals surface area contributed by atoms with E-state index in [1.165, 1.54) is 19.0 Å². The molecule has 1 amide bonds. The second kappa shape index (κ2) is 5.61. The zero-order valence-electron chi connectivity index (χ0n) is 10.3. The van der Waals surface area contributed by atoms with Crippen LogP contribution in [0.2, 0.25) is 0 Å². The Balaban J connectivity index is 3.01. The zero-order chi connectivity index (χ0) is 14.6. The van der Waals surface area contributed by atoms with Gasteiger partial charge in [0.1, 0.15) is 0 Å². The van der Waals surface area contributed by atoms with Crippen molar-refractivity contribution in [3.05, 3.63) is 45.9 Å². The number of rotatable bonds is 4. The first-order valence-corrected chi connectivity index (χ1v) is 6.67. The highest BCUT2D eigenvalue weighted by Gasteiger charge is 2.13. The third-order valence-corrected chi connectivity index (χ3v) is 3.63. The normalized spacial score (nSPS) is 11.5. The lowest BCUT2D eigenvalue weighted by Crippen LogP contribution is -2.19. The molecule has 0 aliphatic heterocycles. The summed E-state index contributed by atoms with van der Waals surface area (Å²) in [6.07, 6.45) is 0.927. The molecule has 0 heterocycles. The van der Waals surface area contributed by atoms with Gasteiger partial charge >= 0.3 is 0 Å². The summed E-state index contributed by atoms with van der Waals surface area (Å²) in [7, 11) is -0.800. The van der Waals surface area contributed by atoms with E-state index in [9.17, 15) is 23.3 Å². The SMILES string of the molecule is CN(C)C(=O)/C=C/S(=O)(=O)c1ccc([N+](=O)[O-])cc1. The molecule has 0 aliphatic carbocycles. The monoisotopic (exact) mass is 284 g/mol. The van der Waals surface area contributed by atoms with Crippen LogP contribution in [0.5, 0.6) is 0 Å². The number of amides is 1. The standard InChI is InChI=1S/C11H12N2O5S/c1-12(2)11(14)7-8-19(17,18)10-5-3-9(4-6-10)13(15)16/h3-8H,1-2H3/b8-7+. The van der Waals surface area contributed by atoms with Crippen LogP contribution < -0.4 is 0 Å². The molecule has 1 rings (SSSR count). The van der Waals surface area contributed by atoms with Crippen molar-refractivity contribution in [1.29, 1.82) is 0 Å². The van der Waals surface area contributed by atoms with Crippen LogP contribution in [0.4, 0.5) is 5.69 Å². The van der Waals surface area contributed by atoms with Gasteiger partial charge in [0.25, 0.3) is 5.69 Å². The van der Waals surface area contributed by atoms with E-state index in [4.69, 9.17) is 0 Å². The molecule has 0 N–H and O–H groups in total. The van der Waals surface area contributed by atoms with E-state index in [1.807, 2.05) is 0 Å². The van der Waals surface area contributed by atoms with E-state index in [0.717, 1.165) is 35.7 Å². The second-order valence-electron chi connectivity index (χ2n) is 3.83. The summed E-state index contributed by atoms with van der Waals surface area (Å²) in [5.41, 5.74) is -0.202. The fourth-order valence-corrected chi connectivity index (χ4v) is 2.10. The smallest absolute Gasteiger partial charge is 0.269 e. The molecule has 0 fully saturated rings. The summed E-state index contributed by atoms with van der Waals surface area (Å²) in [6.45, 7) is 0. The number of hydrogen-bond donors (Lipinski definition) is 0. The summed E-state index contributed by atoms with van der Waals surface area (Å²) in [6, 6.07) is 4.43. The van der Waals surface area contributed by atoms with Crippen LogP contribution in [0.1, 0.15) is 0 Å². The first-order chi connectivity index (χ1) is 8.74. The molecule has 0 spiro atoms. The molecule has 0 saturated heterocycles. The number of nitro groups is 1. The lowest BCUT2D eigenvalue weighted by molar-refractivity contribution is -0.384. The van der Waals surface area contributed by atoms with Gasteiger partial charge in [-0.25, -0.2) is 8.42 Å². The molecule has 0 radical (unpaired) electrons. The van der Waals surface area contributed by atoms with Crippen molar-refractivity contribution >= 4 is 21.4 Å². The van der Waals surface area contributed by atoms with Crippen molar-refractivity contribution < 1.29 is 18.1 Å². The minimum atomic E-state index is -3.78. The third-order valence-electron chi connectivity index (χ3n) is 2.21. The van der Waals surface area contributed by atoms with Crippen LogP contribution in [0, 0.1) is 10.1 Å². The van der Waals surface area contributed by atoms with E-state index in [2.05, 4.69) is 0 Å². The quantitative estimate of drug-likeness (QED) is 0.466. The molecule has 0 saturated carbocycles. The number of nitro benzene ring substituents is 1. The highest BCUT2D eigenvalue weighted by atomic mass is 32.2. The third kappa shape index (κ3) is 3.88. The largest absolute Gasteiger partial charge is 0.345 e. The number of benzene rings is 1. The number of carbonyl (C=O) groups is 1. The fourth-order valence-electron chi connectivity index (χ4n) is 1.13. The van der Waals surface area contributed by atoms with Gasteiger partial charge in [0, 0.05) is 37.7 Å². The van der Waals surface area contributed by atoms with E-state index in [0.29, 0.717) is 0 Å². The predicted octanol–water partition coefficient (Wildman–Crippen LogP) is 0.970. The van der Waals surface area contributed by atoms with Gasteiger partial charge in [-0.15, -0.1) is 0 Å². The maximum atomic E-state index is 11.8. The van der Waals surface area contributed by atoms with E-state index in [-0.39, 0.29) is 10.6 Å². The molecule has 8 heteroatoms. The van der Waals surface area contributed by atoms with Crippen molar-refractivity contribution in [2.24, 2.45) is 0 Å².